The van der Waals surface area contributed by atoms with Crippen molar-refractivity contribution in [1.82, 2.24) is 19.9 Å². The lowest BCUT2D eigenvalue weighted by Crippen LogP contribution is -2.53. The number of nitrogens with two attached hydrogens (primary N) is 1. The minimum absolute atomic E-state index is 0.245. The Labute approximate surface area is 122 Å². The van der Waals surface area contributed by atoms with E-state index in [1.54, 1.807) is 6.33 Å². The van der Waals surface area contributed by atoms with Crippen LogP contribution in [0.5, 0.6) is 0 Å². The first kappa shape index (κ1) is 12.8. The molecule has 3 heterocycles. The molecule has 2 aromatic rings. The fraction of sp³-hybridized carbons (Fsp3) is 0.643. The standard InChI is InChI=1S/C14H20N6O/c15-13-18-11-10(16-8-17-11)12(19-13)20-6-5-14(21)4-2-1-3-9(14)7-20/h8-9,21H,1-7H2,(H3,15,16,17,18,19). The summed E-state index contributed by atoms with van der Waals surface area (Å²) in [6, 6.07) is 0. The van der Waals surface area contributed by atoms with Crippen molar-refractivity contribution in [3.05, 3.63) is 6.33 Å². The first-order valence-corrected chi connectivity index (χ1v) is 7.60. The van der Waals surface area contributed by atoms with E-state index in [1.165, 1.54) is 6.42 Å². The van der Waals surface area contributed by atoms with Crippen LogP contribution >= 0.6 is 0 Å². The third kappa shape index (κ3) is 2.03. The van der Waals surface area contributed by atoms with E-state index in [4.69, 9.17) is 5.73 Å². The summed E-state index contributed by atoms with van der Waals surface area (Å²) < 4.78 is 0. The van der Waals surface area contributed by atoms with Crippen LogP contribution in [0.15, 0.2) is 6.33 Å². The molecule has 7 nitrogen and oxygen atoms in total. The molecular weight excluding hydrogens is 268 g/mol. The Hall–Kier alpha value is -1.89. The molecule has 112 valence electrons. The van der Waals surface area contributed by atoms with Gasteiger partial charge in [0.25, 0.3) is 0 Å². The number of aromatic amines is 1. The Morgan fingerprint density at radius 2 is 2.24 bits per heavy atom. The van der Waals surface area contributed by atoms with E-state index < -0.39 is 5.60 Å². The fourth-order valence-electron chi connectivity index (χ4n) is 3.83. The number of piperidine rings is 1. The SMILES string of the molecule is Nc1nc(N2CCC3(O)CCCCC3C2)c2[nH]cnc2n1. The molecule has 0 aromatic carbocycles. The molecule has 21 heavy (non-hydrogen) atoms. The molecule has 2 atom stereocenters. The van der Waals surface area contributed by atoms with Crippen molar-refractivity contribution in [2.75, 3.05) is 23.7 Å². The molecule has 2 aliphatic rings. The highest BCUT2D eigenvalue weighted by Gasteiger charge is 2.43. The summed E-state index contributed by atoms with van der Waals surface area (Å²) in [5, 5.41) is 10.8. The van der Waals surface area contributed by atoms with Crippen LogP contribution in [0.1, 0.15) is 32.1 Å². The van der Waals surface area contributed by atoms with Crippen LogP contribution in [0.4, 0.5) is 11.8 Å². The highest BCUT2D eigenvalue weighted by molar-refractivity contribution is 5.84. The number of imidazole rings is 1. The molecule has 0 radical (unpaired) electrons. The molecule has 0 bridgehead atoms. The highest BCUT2D eigenvalue weighted by atomic mass is 16.3. The number of fused-ring (bicyclic) bond motifs is 2. The lowest BCUT2D eigenvalue weighted by molar-refractivity contribution is -0.0613. The Morgan fingerprint density at radius 3 is 3.14 bits per heavy atom. The molecule has 0 spiro atoms. The van der Waals surface area contributed by atoms with Gasteiger partial charge in [-0.2, -0.15) is 9.97 Å². The van der Waals surface area contributed by atoms with Crippen molar-refractivity contribution >= 4 is 22.9 Å². The lowest BCUT2D eigenvalue weighted by Gasteiger charge is -2.47. The van der Waals surface area contributed by atoms with Crippen molar-refractivity contribution in [3.63, 3.8) is 0 Å². The first-order chi connectivity index (χ1) is 10.2. The maximum atomic E-state index is 10.8. The van der Waals surface area contributed by atoms with Crippen LogP contribution in [-0.4, -0.2) is 43.7 Å². The van der Waals surface area contributed by atoms with Gasteiger partial charge in [-0.05, 0) is 19.3 Å². The number of nitrogen functional groups attached to an aromatic ring is 1. The number of aromatic nitrogens is 4. The number of aliphatic hydroxyl groups is 1. The Balaban J connectivity index is 1.68. The zero-order valence-corrected chi connectivity index (χ0v) is 11.9. The normalized spacial score (nSPS) is 29.6. The van der Waals surface area contributed by atoms with Crippen molar-refractivity contribution in [1.29, 1.82) is 0 Å². The smallest absolute Gasteiger partial charge is 0.224 e. The Kier molecular flexibility index (Phi) is 2.78. The van der Waals surface area contributed by atoms with Crippen molar-refractivity contribution < 1.29 is 5.11 Å². The van der Waals surface area contributed by atoms with Crippen molar-refractivity contribution in [2.24, 2.45) is 5.92 Å². The van der Waals surface area contributed by atoms with Crippen LogP contribution in [0.2, 0.25) is 0 Å². The number of nitrogens with one attached hydrogen (secondary N) is 1. The van der Waals surface area contributed by atoms with Crippen LogP contribution < -0.4 is 10.6 Å². The van der Waals surface area contributed by atoms with E-state index in [1.807, 2.05) is 0 Å². The quantitative estimate of drug-likeness (QED) is 0.725. The van der Waals surface area contributed by atoms with E-state index in [2.05, 4.69) is 24.8 Å². The molecule has 2 fully saturated rings. The molecule has 2 aromatic heterocycles. The summed E-state index contributed by atoms with van der Waals surface area (Å²) in [7, 11) is 0. The second-order valence-corrected chi connectivity index (χ2v) is 6.25. The molecule has 2 unspecified atom stereocenters. The number of hydrogen-bond donors (Lipinski definition) is 3. The van der Waals surface area contributed by atoms with Crippen molar-refractivity contribution in [2.45, 2.75) is 37.7 Å². The van der Waals surface area contributed by atoms with E-state index in [0.717, 1.165) is 50.1 Å². The highest BCUT2D eigenvalue weighted by Crippen LogP contribution is 2.41. The second kappa shape index (κ2) is 4.56. The molecule has 4 N–H and O–H groups in total. The topological polar surface area (TPSA) is 104 Å². The van der Waals surface area contributed by atoms with E-state index in [0.29, 0.717) is 11.6 Å². The number of nitrogens with zero attached hydrogens (tertiary/aromatic N) is 4. The number of H-pyrrole nitrogens is 1. The number of anilines is 2. The molecule has 1 aliphatic carbocycles. The van der Waals surface area contributed by atoms with Gasteiger partial charge in [-0.1, -0.05) is 12.8 Å². The van der Waals surface area contributed by atoms with Gasteiger partial charge in [0.1, 0.15) is 5.52 Å². The fourth-order valence-corrected chi connectivity index (χ4v) is 3.83. The van der Waals surface area contributed by atoms with Gasteiger partial charge in [0.05, 0.1) is 11.9 Å². The Bertz CT molecular complexity index is 671. The van der Waals surface area contributed by atoms with Crippen LogP contribution in [-0.2, 0) is 0 Å². The summed E-state index contributed by atoms with van der Waals surface area (Å²) in [5.41, 5.74) is 6.73. The maximum Gasteiger partial charge on any atom is 0.224 e. The third-order valence-corrected chi connectivity index (χ3v) is 5.01. The number of rotatable bonds is 1. The summed E-state index contributed by atoms with van der Waals surface area (Å²) in [6.07, 6.45) is 6.75. The average molecular weight is 288 g/mol. The van der Waals surface area contributed by atoms with Gasteiger partial charge in [0, 0.05) is 19.0 Å². The first-order valence-electron chi connectivity index (χ1n) is 7.60. The molecular formula is C14H20N6O. The summed E-state index contributed by atoms with van der Waals surface area (Å²) >= 11 is 0. The minimum Gasteiger partial charge on any atom is -0.389 e. The maximum absolute atomic E-state index is 10.8. The van der Waals surface area contributed by atoms with Gasteiger partial charge < -0.3 is 20.7 Å². The van der Waals surface area contributed by atoms with Gasteiger partial charge in [-0.25, -0.2) is 4.98 Å². The monoisotopic (exact) mass is 288 g/mol. The molecule has 1 saturated carbocycles. The molecule has 7 heteroatoms. The van der Waals surface area contributed by atoms with Crippen molar-refractivity contribution in [3.8, 4) is 0 Å². The molecule has 1 saturated heterocycles. The summed E-state index contributed by atoms with van der Waals surface area (Å²) in [5.74, 6) is 1.37. The Morgan fingerprint density at radius 1 is 1.33 bits per heavy atom. The largest absolute Gasteiger partial charge is 0.389 e. The predicted octanol–water partition coefficient (Wildman–Crippen LogP) is 1.07. The van der Waals surface area contributed by atoms with Gasteiger partial charge in [-0.3, -0.25) is 0 Å². The lowest BCUT2D eigenvalue weighted by atomic mass is 9.71. The van der Waals surface area contributed by atoms with E-state index in [9.17, 15) is 5.11 Å². The summed E-state index contributed by atoms with van der Waals surface area (Å²) in [4.78, 5) is 18.0. The zero-order chi connectivity index (χ0) is 14.4. The van der Waals surface area contributed by atoms with Crippen LogP contribution in [0.25, 0.3) is 11.2 Å². The van der Waals surface area contributed by atoms with Gasteiger partial charge in [0.15, 0.2) is 11.5 Å². The van der Waals surface area contributed by atoms with E-state index >= 15 is 0 Å². The predicted molar refractivity (Wildman–Crippen MR) is 79.8 cm³/mol. The second-order valence-electron chi connectivity index (χ2n) is 6.25. The average Bonchev–Trinajstić information content (AvgIpc) is 2.93. The van der Waals surface area contributed by atoms with Gasteiger partial charge >= 0.3 is 0 Å². The zero-order valence-electron chi connectivity index (χ0n) is 11.9. The molecule has 4 rings (SSSR count). The van der Waals surface area contributed by atoms with Gasteiger partial charge in [0.2, 0.25) is 5.95 Å². The minimum atomic E-state index is -0.486. The number of hydrogen-bond acceptors (Lipinski definition) is 6. The van der Waals surface area contributed by atoms with Gasteiger partial charge in [-0.15, -0.1) is 0 Å². The van der Waals surface area contributed by atoms with E-state index in [-0.39, 0.29) is 5.95 Å². The summed E-state index contributed by atoms with van der Waals surface area (Å²) in [6.45, 7) is 1.61. The van der Waals surface area contributed by atoms with Crippen LogP contribution in [0.3, 0.4) is 0 Å². The van der Waals surface area contributed by atoms with Crippen LogP contribution in [0, 0.1) is 5.92 Å². The molecule has 1 aliphatic heterocycles. The molecule has 0 amide bonds. The third-order valence-electron chi connectivity index (χ3n) is 5.01.